The Balaban J connectivity index is 3.50. The second-order valence-corrected chi connectivity index (χ2v) is 3.16. The average Bonchev–Trinajstić information content (AvgIpc) is 2.24. The Morgan fingerprint density at radius 1 is 1.20 bits per heavy atom. The molecule has 1 aromatic rings. The molecule has 0 radical (unpaired) electrons. The van der Waals surface area contributed by atoms with Crippen LogP contribution in [0.15, 0.2) is 6.07 Å². The molecule has 0 unspecified atom stereocenters. The molecule has 0 spiro atoms. The molecule has 1 aromatic heterocycles. The van der Waals surface area contributed by atoms with Crippen molar-refractivity contribution < 1.29 is 40.7 Å². The monoisotopic (exact) mass is 306 g/mol. The minimum Gasteiger partial charge on any atom is -0.492 e. The fraction of sp³-hybridized carbons (Fsp3) is 0.375. The first-order valence-electron chi connectivity index (χ1n) is 4.52. The zero-order valence-corrected chi connectivity index (χ0v) is 9.37. The van der Waals surface area contributed by atoms with Crippen LogP contribution in [0.25, 0.3) is 0 Å². The Bertz CT molecular complexity index is 527. The first-order valence-corrected chi connectivity index (χ1v) is 4.52. The Morgan fingerprint density at radius 2 is 1.75 bits per heavy atom. The molecule has 0 amide bonds. The first kappa shape index (κ1) is 15.8. The summed E-state index contributed by atoms with van der Waals surface area (Å²) in [4.78, 5) is 11.5. The number of hydrogen-bond donors (Lipinski definition) is 0. The van der Waals surface area contributed by atoms with Crippen molar-refractivity contribution in [3.63, 3.8) is 0 Å². The molecule has 0 atom stereocenters. The molecular weight excluding hydrogens is 302 g/mol. The SMILES string of the molecule is COc1cc(OC(F)(F)F)c([N+](=O)[O-])nc1C(F)(F)F. The third-order valence-corrected chi connectivity index (χ3v) is 1.82. The predicted octanol–water partition coefficient (Wildman–Crippen LogP) is 2.92. The highest BCUT2D eigenvalue weighted by molar-refractivity contribution is 5.48. The molecule has 0 saturated heterocycles. The van der Waals surface area contributed by atoms with Gasteiger partial charge in [0.25, 0.3) is 5.69 Å². The number of nitro groups is 1. The number of ether oxygens (including phenoxy) is 2. The summed E-state index contributed by atoms with van der Waals surface area (Å²) in [6, 6.07) is 0.0987. The minimum absolute atomic E-state index is 0.0987. The van der Waals surface area contributed by atoms with Gasteiger partial charge < -0.3 is 19.6 Å². The van der Waals surface area contributed by atoms with Crippen molar-refractivity contribution in [2.45, 2.75) is 12.5 Å². The Morgan fingerprint density at radius 3 is 2.10 bits per heavy atom. The van der Waals surface area contributed by atoms with Crippen LogP contribution in [0.5, 0.6) is 11.5 Å². The lowest BCUT2D eigenvalue weighted by Crippen LogP contribution is -2.19. The molecule has 0 aliphatic heterocycles. The van der Waals surface area contributed by atoms with E-state index < -0.39 is 40.5 Å². The predicted molar refractivity (Wildman–Crippen MR) is 49.1 cm³/mol. The van der Waals surface area contributed by atoms with Gasteiger partial charge >= 0.3 is 18.4 Å². The molecule has 1 rings (SSSR count). The van der Waals surface area contributed by atoms with Crippen LogP contribution in [0, 0.1) is 10.1 Å². The molecule has 1 heterocycles. The van der Waals surface area contributed by atoms with Crippen molar-refractivity contribution in [1.82, 2.24) is 4.98 Å². The van der Waals surface area contributed by atoms with Gasteiger partial charge in [-0.3, -0.25) is 0 Å². The molecule has 0 N–H and O–H groups in total. The van der Waals surface area contributed by atoms with Crippen LogP contribution in [0.4, 0.5) is 32.2 Å². The number of rotatable bonds is 3. The van der Waals surface area contributed by atoms with Gasteiger partial charge in [0.1, 0.15) is 0 Å². The zero-order valence-electron chi connectivity index (χ0n) is 9.37. The quantitative estimate of drug-likeness (QED) is 0.487. The van der Waals surface area contributed by atoms with E-state index in [2.05, 4.69) is 14.5 Å². The van der Waals surface area contributed by atoms with E-state index in [1.54, 1.807) is 0 Å². The third kappa shape index (κ3) is 3.61. The van der Waals surface area contributed by atoms with Crippen molar-refractivity contribution in [3.05, 3.63) is 21.9 Å². The Kier molecular flexibility index (Phi) is 3.96. The maximum Gasteiger partial charge on any atom is 0.573 e. The summed E-state index contributed by atoms with van der Waals surface area (Å²) in [6.07, 6.45) is -10.5. The number of methoxy groups -OCH3 is 1. The van der Waals surface area contributed by atoms with Crippen molar-refractivity contribution in [2.24, 2.45) is 0 Å². The molecule has 12 heteroatoms. The van der Waals surface area contributed by atoms with Gasteiger partial charge in [0.2, 0.25) is 5.75 Å². The lowest BCUT2D eigenvalue weighted by atomic mass is 10.3. The smallest absolute Gasteiger partial charge is 0.492 e. The maximum atomic E-state index is 12.5. The van der Waals surface area contributed by atoms with E-state index in [1.165, 1.54) is 0 Å². The lowest BCUT2D eigenvalue weighted by Gasteiger charge is -2.12. The van der Waals surface area contributed by atoms with Crippen molar-refractivity contribution in [1.29, 1.82) is 0 Å². The summed E-state index contributed by atoms with van der Waals surface area (Å²) in [6.45, 7) is 0. The molecule has 0 aliphatic rings. The molecule has 0 saturated carbocycles. The summed E-state index contributed by atoms with van der Waals surface area (Å²) in [7, 11) is 0.732. The summed E-state index contributed by atoms with van der Waals surface area (Å²) in [5.41, 5.74) is -1.83. The van der Waals surface area contributed by atoms with Crippen molar-refractivity contribution >= 4 is 5.82 Å². The number of nitrogens with zero attached hydrogens (tertiary/aromatic N) is 2. The third-order valence-electron chi connectivity index (χ3n) is 1.82. The summed E-state index contributed by atoms with van der Waals surface area (Å²) in [5.74, 6) is -4.37. The Labute approximate surface area is 106 Å². The molecule has 0 aliphatic carbocycles. The van der Waals surface area contributed by atoms with Gasteiger partial charge in [-0.15, -0.1) is 13.2 Å². The van der Waals surface area contributed by atoms with Crippen LogP contribution < -0.4 is 9.47 Å². The largest absolute Gasteiger partial charge is 0.573 e. The number of aromatic nitrogens is 1. The van der Waals surface area contributed by atoms with Gasteiger partial charge in [0.15, 0.2) is 5.75 Å². The van der Waals surface area contributed by atoms with Crippen LogP contribution in [0.2, 0.25) is 0 Å². The second-order valence-electron chi connectivity index (χ2n) is 3.16. The zero-order chi connectivity index (χ0) is 15.7. The van der Waals surface area contributed by atoms with E-state index >= 15 is 0 Å². The van der Waals surface area contributed by atoms with Crippen molar-refractivity contribution in [2.75, 3.05) is 7.11 Å². The number of hydrogen-bond acceptors (Lipinski definition) is 5. The van der Waals surface area contributed by atoms with E-state index in [0.717, 1.165) is 7.11 Å². The minimum atomic E-state index is -5.34. The van der Waals surface area contributed by atoms with Gasteiger partial charge in [-0.1, -0.05) is 0 Å². The summed E-state index contributed by atoms with van der Waals surface area (Å²) >= 11 is 0. The number of halogens is 6. The van der Waals surface area contributed by atoms with Gasteiger partial charge in [-0.25, -0.2) is 0 Å². The molecule has 0 aromatic carbocycles. The highest BCUT2D eigenvalue weighted by Crippen LogP contribution is 2.41. The summed E-state index contributed by atoms with van der Waals surface area (Å²) < 4.78 is 81.1. The fourth-order valence-electron chi connectivity index (χ4n) is 1.16. The number of alkyl halides is 6. The maximum absolute atomic E-state index is 12.5. The fourth-order valence-corrected chi connectivity index (χ4v) is 1.16. The molecule has 112 valence electrons. The van der Waals surface area contributed by atoms with Crippen LogP contribution in [-0.2, 0) is 6.18 Å². The van der Waals surface area contributed by atoms with E-state index in [0.29, 0.717) is 0 Å². The number of pyridine rings is 1. The second kappa shape index (κ2) is 5.02. The first-order chi connectivity index (χ1) is 8.95. The van der Waals surface area contributed by atoms with Gasteiger partial charge in [0, 0.05) is 6.07 Å². The van der Waals surface area contributed by atoms with Crippen LogP contribution in [0.1, 0.15) is 5.69 Å². The molecule has 0 fully saturated rings. The topological polar surface area (TPSA) is 74.5 Å². The molecule has 6 nitrogen and oxygen atoms in total. The average molecular weight is 306 g/mol. The lowest BCUT2D eigenvalue weighted by molar-refractivity contribution is -0.393. The van der Waals surface area contributed by atoms with E-state index in [9.17, 15) is 36.5 Å². The van der Waals surface area contributed by atoms with Gasteiger partial charge in [0.05, 0.1) is 7.11 Å². The van der Waals surface area contributed by atoms with E-state index in [4.69, 9.17) is 0 Å². The highest BCUT2D eigenvalue weighted by atomic mass is 19.4. The van der Waals surface area contributed by atoms with E-state index in [-0.39, 0.29) is 6.07 Å². The molecule has 20 heavy (non-hydrogen) atoms. The molecular formula is C8H4F6N2O4. The van der Waals surface area contributed by atoms with Gasteiger partial charge in [-0.05, 0) is 9.91 Å². The van der Waals surface area contributed by atoms with Gasteiger partial charge in [-0.2, -0.15) is 13.2 Å². The normalized spacial score (nSPS) is 12.2. The van der Waals surface area contributed by atoms with E-state index in [1.807, 2.05) is 0 Å². The van der Waals surface area contributed by atoms with Crippen molar-refractivity contribution in [3.8, 4) is 11.5 Å². The standard InChI is InChI=1S/C8H4F6N2O4/c1-19-3-2-4(20-8(12,13)14)6(16(17)18)15-5(3)7(9,10)11/h2H,1H3. The highest BCUT2D eigenvalue weighted by Gasteiger charge is 2.45. The summed E-state index contributed by atoms with van der Waals surface area (Å²) in [5, 5.41) is 10.5. The van der Waals surface area contributed by atoms with Crippen LogP contribution in [0.3, 0.4) is 0 Å². The Hall–Kier alpha value is -2.27. The van der Waals surface area contributed by atoms with Crippen LogP contribution >= 0.6 is 0 Å². The molecule has 0 bridgehead atoms. The van der Waals surface area contributed by atoms with Crippen LogP contribution in [-0.4, -0.2) is 23.4 Å².